The van der Waals surface area contributed by atoms with Crippen molar-refractivity contribution in [2.24, 2.45) is 5.41 Å². The number of rotatable bonds is 3. The van der Waals surface area contributed by atoms with Crippen LogP contribution in [0.5, 0.6) is 0 Å². The highest BCUT2D eigenvalue weighted by atomic mass is 32.2. The van der Waals surface area contributed by atoms with E-state index in [-0.39, 0.29) is 5.41 Å². The Hall–Kier alpha value is -2.13. The standard InChI is InChI=1S/C20H18O2S/c1-23(21,22)17-9-7-16(8-10-17)19-14-20(11-12-20)13-18(19)15-5-3-2-4-6-15/h2-10,13-14H,11-12H2,1H3. The van der Waals surface area contributed by atoms with E-state index in [9.17, 15) is 8.42 Å². The van der Waals surface area contributed by atoms with Crippen LogP contribution in [0.25, 0.3) is 11.1 Å². The summed E-state index contributed by atoms with van der Waals surface area (Å²) >= 11 is 0. The van der Waals surface area contributed by atoms with E-state index in [4.69, 9.17) is 0 Å². The summed E-state index contributed by atoms with van der Waals surface area (Å²) in [5, 5.41) is 0. The van der Waals surface area contributed by atoms with Crippen LogP contribution in [0.15, 0.2) is 71.6 Å². The van der Waals surface area contributed by atoms with Gasteiger partial charge in [-0.15, -0.1) is 0 Å². The van der Waals surface area contributed by atoms with Crippen LogP contribution in [-0.2, 0) is 9.84 Å². The highest BCUT2D eigenvalue weighted by Gasteiger charge is 2.43. The Kier molecular flexibility index (Phi) is 3.10. The summed E-state index contributed by atoms with van der Waals surface area (Å²) < 4.78 is 23.3. The Morgan fingerprint density at radius 3 is 1.78 bits per heavy atom. The van der Waals surface area contributed by atoms with Gasteiger partial charge in [-0.25, -0.2) is 8.42 Å². The van der Waals surface area contributed by atoms with Crippen molar-refractivity contribution in [1.29, 1.82) is 0 Å². The minimum Gasteiger partial charge on any atom is -0.224 e. The highest BCUT2D eigenvalue weighted by molar-refractivity contribution is 7.90. The number of hydrogen-bond acceptors (Lipinski definition) is 2. The fourth-order valence-corrected chi connectivity index (χ4v) is 3.81. The fourth-order valence-electron chi connectivity index (χ4n) is 3.18. The maximum atomic E-state index is 11.6. The SMILES string of the molecule is CS(=O)(=O)c1ccc(C2=CC3(C=C2c2ccccc2)CC3)cc1. The molecular formula is C20H18O2S. The second-order valence-corrected chi connectivity index (χ2v) is 8.53. The normalized spacial score (nSPS) is 18.7. The van der Waals surface area contributed by atoms with Crippen molar-refractivity contribution in [2.75, 3.05) is 6.26 Å². The third kappa shape index (κ3) is 2.66. The highest BCUT2D eigenvalue weighted by Crippen LogP contribution is 2.57. The minimum absolute atomic E-state index is 0.232. The molecule has 4 rings (SSSR count). The maximum absolute atomic E-state index is 11.6. The molecule has 0 N–H and O–H groups in total. The molecule has 1 fully saturated rings. The zero-order valence-corrected chi connectivity index (χ0v) is 13.8. The fraction of sp³-hybridized carbons (Fsp3) is 0.200. The Bertz CT molecular complexity index is 913. The molecule has 1 spiro atoms. The van der Waals surface area contributed by atoms with Gasteiger partial charge in [-0.1, -0.05) is 54.6 Å². The average molecular weight is 322 g/mol. The molecule has 0 heterocycles. The molecule has 23 heavy (non-hydrogen) atoms. The van der Waals surface area contributed by atoms with Crippen LogP contribution in [0.4, 0.5) is 0 Å². The number of benzene rings is 2. The minimum atomic E-state index is -3.15. The first-order valence-corrected chi connectivity index (χ1v) is 9.68. The van der Waals surface area contributed by atoms with E-state index in [1.807, 2.05) is 18.2 Å². The van der Waals surface area contributed by atoms with Gasteiger partial charge in [0.2, 0.25) is 0 Å². The molecule has 0 bridgehead atoms. The lowest BCUT2D eigenvalue weighted by atomic mass is 9.95. The summed E-state index contributed by atoms with van der Waals surface area (Å²) in [4.78, 5) is 0.367. The molecule has 3 heteroatoms. The second-order valence-electron chi connectivity index (χ2n) is 6.51. The van der Waals surface area contributed by atoms with Crippen LogP contribution in [0.2, 0.25) is 0 Å². The van der Waals surface area contributed by atoms with Gasteiger partial charge in [0.15, 0.2) is 9.84 Å². The first kappa shape index (κ1) is 14.5. The molecule has 2 aliphatic carbocycles. The molecule has 0 unspecified atom stereocenters. The van der Waals surface area contributed by atoms with Gasteiger partial charge < -0.3 is 0 Å². The monoisotopic (exact) mass is 322 g/mol. The van der Waals surface area contributed by atoms with E-state index >= 15 is 0 Å². The van der Waals surface area contributed by atoms with Gasteiger partial charge in [-0.2, -0.15) is 0 Å². The van der Waals surface area contributed by atoms with Crippen LogP contribution in [0.1, 0.15) is 24.0 Å². The Morgan fingerprint density at radius 2 is 1.30 bits per heavy atom. The van der Waals surface area contributed by atoms with Crippen LogP contribution >= 0.6 is 0 Å². The smallest absolute Gasteiger partial charge is 0.175 e. The van der Waals surface area contributed by atoms with E-state index in [1.54, 1.807) is 12.1 Å². The summed E-state index contributed by atoms with van der Waals surface area (Å²) in [6, 6.07) is 17.6. The van der Waals surface area contributed by atoms with Gasteiger partial charge in [-0.3, -0.25) is 0 Å². The lowest BCUT2D eigenvalue weighted by molar-refractivity contribution is 0.602. The van der Waals surface area contributed by atoms with E-state index in [0.717, 1.165) is 5.56 Å². The predicted octanol–water partition coefficient (Wildman–Crippen LogP) is 4.35. The van der Waals surface area contributed by atoms with Crippen molar-refractivity contribution in [3.63, 3.8) is 0 Å². The predicted molar refractivity (Wildman–Crippen MR) is 93.6 cm³/mol. The summed E-state index contributed by atoms with van der Waals surface area (Å²) in [5.74, 6) is 0. The summed E-state index contributed by atoms with van der Waals surface area (Å²) in [6.07, 6.45) is 8.38. The van der Waals surface area contributed by atoms with Gasteiger partial charge in [0.05, 0.1) is 4.90 Å². The van der Waals surface area contributed by atoms with Crippen LogP contribution < -0.4 is 0 Å². The molecule has 2 aromatic carbocycles. The first-order valence-electron chi connectivity index (χ1n) is 7.79. The van der Waals surface area contributed by atoms with Crippen molar-refractivity contribution in [3.05, 3.63) is 77.9 Å². The van der Waals surface area contributed by atoms with Crippen LogP contribution in [0.3, 0.4) is 0 Å². The molecule has 0 aliphatic heterocycles. The zero-order valence-electron chi connectivity index (χ0n) is 13.0. The number of allylic oxidation sites excluding steroid dienone is 4. The van der Waals surface area contributed by atoms with Gasteiger partial charge >= 0.3 is 0 Å². The van der Waals surface area contributed by atoms with Crippen LogP contribution in [-0.4, -0.2) is 14.7 Å². The van der Waals surface area contributed by atoms with Crippen molar-refractivity contribution >= 4 is 21.0 Å². The average Bonchev–Trinajstić information content (AvgIpc) is 3.18. The summed E-state index contributed by atoms with van der Waals surface area (Å²) in [7, 11) is -3.15. The third-order valence-electron chi connectivity index (χ3n) is 4.66. The van der Waals surface area contributed by atoms with E-state index in [2.05, 4.69) is 36.4 Å². The number of hydrogen-bond donors (Lipinski definition) is 0. The Labute approximate surface area is 137 Å². The van der Waals surface area contributed by atoms with Crippen molar-refractivity contribution in [3.8, 4) is 0 Å². The summed E-state index contributed by atoms with van der Waals surface area (Å²) in [6.45, 7) is 0. The van der Waals surface area contributed by atoms with Gasteiger partial charge in [0.1, 0.15) is 0 Å². The van der Waals surface area contributed by atoms with Crippen molar-refractivity contribution < 1.29 is 8.42 Å². The molecule has 0 radical (unpaired) electrons. The Morgan fingerprint density at radius 1 is 0.783 bits per heavy atom. The molecular weight excluding hydrogens is 304 g/mol. The largest absolute Gasteiger partial charge is 0.224 e. The molecule has 0 amide bonds. The van der Waals surface area contributed by atoms with E-state index in [0.29, 0.717) is 4.90 Å². The molecule has 116 valence electrons. The van der Waals surface area contributed by atoms with Gasteiger partial charge in [0.25, 0.3) is 0 Å². The van der Waals surface area contributed by atoms with E-state index in [1.165, 1.54) is 35.8 Å². The molecule has 2 aromatic rings. The lowest BCUT2D eigenvalue weighted by Gasteiger charge is -2.10. The molecule has 2 aliphatic rings. The van der Waals surface area contributed by atoms with E-state index < -0.39 is 9.84 Å². The zero-order chi connectivity index (χ0) is 16.1. The third-order valence-corrected chi connectivity index (χ3v) is 5.79. The van der Waals surface area contributed by atoms with Crippen molar-refractivity contribution in [1.82, 2.24) is 0 Å². The molecule has 1 saturated carbocycles. The quantitative estimate of drug-likeness (QED) is 0.842. The van der Waals surface area contributed by atoms with Gasteiger partial charge in [-0.05, 0) is 47.2 Å². The molecule has 0 saturated heterocycles. The summed E-state index contributed by atoms with van der Waals surface area (Å²) in [5.41, 5.74) is 5.01. The van der Waals surface area contributed by atoms with Gasteiger partial charge in [0, 0.05) is 11.7 Å². The lowest BCUT2D eigenvalue weighted by Crippen LogP contribution is -1.97. The molecule has 0 aromatic heterocycles. The van der Waals surface area contributed by atoms with Crippen LogP contribution in [0, 0.1) is 5.41 Å². The maximum Gasteiger partial charge on any atom is 0.175 e. The molecule has 0 atom stereocenters. The van der Waals surface area contributed by atoms with Crippen molar-refractivity contribution in [2.45, 2.75) is 17.7 Å². The number of sulfone groups is 1. The first-order chi connectivity index (χ1) is 11.0. The Balaban J connectivity index is 1.77. The second kappa shape index (κ2) is 4.93. The molecule has 2 nitrogen and oxygen atoms in total. The topological polar surface area (TPSA) is 34.1 Å².